The van der Waals surface area contributed by atoms with Crippen molar-refractivity contribution in [1.29, 1.82) is 0 Å². The second-order valence-corrected chi connectivity index (χ2v) is 5.85. The first kappa shape index (κ1) is 16.7. The van der Waals surface area contributed by atoms with Crippen LogP contribution in [0.2, 0.25) is 0 Å². The standard InChI is InChI=1S/C18H25FN2O/c1-3-11-21(17-7-9-20-10-8-17)18(22)12-14(2)15-5-4-6-16(19)13-15/h4-6,12-13,17,20H,3,7-11H2,1-2H3/b14-12+. The summed E-state index contributed by atoms with van der Waals surface area (Å²) < 4.78 is 13.3. The van der Waals surface area contributed by atoms with Crippen molar-refractivity contribution < 1.29 is 9.18 Å². The average Bonchev–Trinajstić information content (AvgIpc) is 2.53. The van der Waals surface area contributed by atoms with E-state index in [-0.39, 0.29) is 11.7 Å². The maximum atomic E-state index is 13.3. The molecular formula is C18H25FN2O. The second kappa shape index (κ2) is 8.08. The van der Waals surface area contributed by atoms with Gasteiger partial charge in [-0.05, 0) is 62.5 Å². The molecule has 120 valence electrons. The molecule has 0 spiro atoms. The summed E-state index contributed by atoms with van der Waals surface area (Å²) >= 11 is 0. The predicted molar refractivity (Wildman–Crippen MR) is 87.9 cm³/mol. The van der Waals surface area contributed by atoms with Gasteiger partial charge in [0.05, 0.1) is 0 Å². The summed E-state index contributed by atoms with van der Waals surface area (Å²) in [5.41, 5.74) is 1.56. The van der Waals surface area contributed by atoms with Gasteiger partial charge in [-0.15, -0.1) is 0 Å². The van der Waals surface area contributed by atoms with Crippen molar-refractivity contribution in [2.75, 3.05) is 19.6 Å². The summed E-state index contributed by atoms with van der Waals surface area (Å²) in [4.78, 5) is 14.6. The van der Waals surface area contributed by atoms with Gasteiger partial charge in [-0.3, -0.25) is 4.79 Å². The first-order valence-electron chi connectivity index (χ1n) is 8.07. The monoisotopic (exact) mass is 304 g/mol. The van der Waals surface area contributed by atoms with Crippen molar-refractivity contribution in [3.8, 4) is 0 Å². The summed E-state index contributed by atoms with van der Waals surface area (Å²) in [6.45, 7) is 6.65. The van der Waals surface area contributed by atoms with Crippen molar-refractivity contribution in [2.24, 2.45) is 0 Å². The van der Waals surface area contributed by atoms with Crippen LogP contribution in [-0.2, 0) is 4.79 Å². The fourth-order valence-corrected chi connectivity index (χ4v) is 2.92. The molecule has 0 atom stereocenters. The van der Waals surface area contributed by atoms with Crippen LogP contribution in [0.5, 0.6) is 0 Å². The quantitative estimate of drug-likeness (QED) is 0.847. The molecule has 1 N–H and O–H groups in total. The Morgan fingerprint density at radius 1 is 1.41 bits per heavy atom. The van der Waals surface area contributed by atoms with Gasteiger partial charge < -0.3 is 10.2 Å². The van der Waals surface area contributed by atoms with E-state index in [1.165, 1.54) is 12.1 Å². The zero-order valence-electron chi connectivity index (χ0n) is 13.4. The molecule has 0 unspecified atom stereocenters. The van der Waals surface area contributed by atoms with Crippen LogP contribution in [0.4, 0.5) is 4.39 Å². The Kier molecular flexibility index (Phi) is 6.13. The third kappa shape index (κ3) is 4.41. The molecule has 22 heavy (non-hydrogen) atoms. The van der Waals surface area contributed by atoms with E-state index in [1.807, 2.05) is 17.9 Å². The zero-order chi connectivity index (χ0) is 15.9. The Labute approximate surface area is 132 Å². The fourth-order valence-electron chi connectivity index (χ4n) is 2.92. The number of benzene rings is 1. The normalized spacial score (nSPS) is 16.6. The maximum Gasteiger partial charge on any atom is 0.247 e. The number of carbonyl (C=O) groups excluding carboxylic acids is 1. The molecule has 1 aliphatic rings. The molecule has 1 aromatic rings. The Balaban J connectivity index is 2.13. The Morgan fingerprint density at radius 2 is 2.14 bits per heavy atom. The summed E-state index contributed by atoms with van der Waals surface area (Å²) in [7, 11) is 0. The van der Waals surface area contributed by atoms with E-state index < -0.39 is 0 Å². The van der Waals surface area contributed by atoms with E-state index in [4.69, 9.17) is 0 Å². The van der Waals surface area contributed by atoms with Gasteiger partial charge in [-0.2, -0.15) is 0 Å². The summed E-state index contributed by atoms with van der Waals surface area (Å²) in [6.07, 6.45) is 4.59. The smallest absolute Gasteiger partial charge is 0.247 e. The molecule has 1 heterocycles. The predicted octanol–water partition coefficient (Wildman–Crippen LogP) is 3.22. The van der Waals surface area contributed by atoms with Crippen molar-refractivity contribution >= 4 is 11.5 Å². The molecule has 0 aliphatic carbocycles. The van der Waals surface area contributed by atoms with Crippen LogP contribution < -0.4 is 5.32 Å². The Bertz CT molecular complexity index is 536. The second-order valence-electron chi connectivity index (χ2n) is 5.85. The Hall–Kier alpha value is -1.68. The van der Waals surface area contributed by atoms with Crippen molar-refractivity contribution in [2.45, 2.75) is 39.2 Å². The maximum absolute atomic E-state index is 13.3. The number of nitrogens with one attached hydrogen (secondary N) is 1. The van der Waals surface area contributed by atoms with Gasteiger partial charge in [0.1, 0.15) is 5.82 Å². The minimum absolute atomic E-state index is 0.0375. The highest BCUT2D eigenvalue weighted by Gasteiger charge is 2.23. The summed E-state index contributed by atoms with van der Waals surface area (Å²) in [5, 5.41) is 3.33. The molecule has 1 aromatic carbocycles. The molecular weight excluding hydrogens is 279 g/mol. The first-order chi connectivity index (χ1) is 10.6. The number of halogens is 1. The fraction of sp³-hybridized carbons (Fsp3) is 0.500. The minimum Gasteiger partial charge on any atom is -0.336 e. The third-order valence-electron chi connectivity index (χ3n) is 4.12. The molecule has 4 heteroatoms. The molecule has 1 amide bonds. The molecule has 1 saturated heterocycles. The molecule has 0 aromatic heterocycles. The number of nitrogens with zero attached hydrogens (tertiary/aromatic N) is 1. The summed E-state index contributed by atoms with van der Waals surface area (Å²) in [5.74, 6) is -0.239. The van der Waals surface area contributed by atoms with Crippen LogP contribution in [0.3, 0.4) is 0 Å². The average molecular weight is 304 g/mol. The van der Waals surface area contributed by atoms with E-state index in [2.05, 4.69) is 12.2 Å². The van der Waals surface area contributed by atoms with Crippen molar-refractivity contribution in [1.82, 2.24) is 10.2 Å². The van der Waals surface area contributed by atoms with Gasteiger partial charge in [0.15, 0.2) is 0 Å². The van der Waals surface area contributed by atoms with Crippen molar-refractivity contribution in [3.63, 3.8) is 0 Å². The SMILES string of the molecule is CCCN(C(=O)/C=C(\C)c1cccc(F)c1)C1CCNCC1. The van der Waals surface area contributed by atoms with Crippen LogP contribution in [-0.4, -0.2) is 36.5 Å². The molecule has 2 rings (SSSR count). The van der Waals surface area contributed by atoms with Gasteiger partial charge in [-0.25, -0.2) is 4.39 Å². The van der Waals surface area contributed by atoms with Crippen LogP contribution >= 0.6 is 0 Å². The number of piperidine rings is 1. The number of carbonyl (C=O) groups is 1. The highest BCUT2D eigenvalue weighted by atomic mass is 19.1. The number of hydrogen-bond acceptors (Lipinski definition) is 2. The lowest BCUT2D eigenvalue weighted by Crippen LogP contribution is -2.46. The Morgan fingerprint density at radius 3 is 2.77 bits per heavy atom. The van der Waals surface area contributed by atoms with Crippen LogP contribution in [0.15, 0.2) is 30.3 Å². The first-order valence-corrected chi connectivity index (χ1v) is 8.07. The molecule has 0 saturated carbocycles. The van der Waals surface area contributed by atoms with Gasteiger partial charge in [-0.1, -0.05) is 19.1 Å². The lowest BCUT2D eigenvalue weighted by atomic mass is 10.0. The van der Waals surface area contributed by atoms with E-state index >= 15 is 0 Å². The zero-order valence-corrected chi connectivity index (χ0v) is 13.4. The molecule has 1 aliphatic heterocycles. The minimum atomic E-state index is -0.276. The number of rotatable bonds is 5. The third-order valence-corrected chi connectivity index (χ3v) is 4.12. The van der Waals surface area contributed by atoms with Crippen LogP contribution in [0, 0.1) is 5.82 Å². The van der Waals surface area contributed by atoms with Crippen LogP contribution in [0.1, 0.15) is 38.7 Å². The highest BCUT2D eigenvalue weighted by molar-refractivity contribution is 5.95. The molecule has 0 radical (unpaired) electrons. The topological polar surface area (TPSA) is 32.3 Å². The lowest BCUT2D eigenvalue weighted by Gasteiger charge is -2.34. The van der Waals surface area contributed by atoms with E-state index in [9.17, 15) is 9.18 Å². The van der Waals surface area contributed by atoms with Crippen LogP contribution in [0.25, 0.3) is 5.57 Å². The van der Waals surface area contributed by atoms with E-state index in [0.717, 1.165) is 50.0 Å². The largest absolute Gasteiger partial charge is 0.336 e. The molecule has 0 bridgehead atoms. The van der Waals surface area contributed by atoms with E-state index in [0.29, 0.717) is 6.04 Å². The van der Waals surface area contributed by atoms with E-state index in [1.54, 1.807) is 12.1 Å². The lowest BCUT2D eigenvalue weighted by molar-refractivity contribution is -0.128. The van der Waals surface area contributed by atoms with Gasteiger partial charge in [0, 0.05) is 18.7 Å². The highest BCUT2D eigenvalue weighted by Crippen LogP contribution is 2.18. The molecule has 3 nitrogen and oxygen atoms in total. The summed E-state index contributed by atoms with van der Waals surface area (Å²) in [6, 6.07) is 6.69. The van der Waals surface area contributed by atoms with Gasteiger partial charge in [0.25, 0.3) is 0 Å². The number of amides is 1. The number of allylic oxidation sites excluding steroid dienone is 1. The van der Waals surface area contributed by atoms with Crippen molar-refractivity contribution in [3.05, 3.63) is 41.7 Å². The van der Waals surface area contributed by atoms with Gasteiger partial charge >= 0.3 is 0 Å². The molecule has 1 fully saturated rings. The van der Waals surface area contributed by atoms with Gasteiger partial charge in [0.2, 0.25) is 5.91 Å². The number of hydrogen-bond donors (Lipinski definition) is 1.